The Morgan fingerprint density at radius 2 is 2.18 bits per heavy atom. The molecular formula is C14H13NO2. The summed E-state index contributed by atoms with van der Waals surface area (Å²) >= 11 is 0. The quantitative estimate of drug-likeness (QED) is 0.757. The molecule has 0 N–H and O–H groups in total. The van der Waals surface area contributed by atoms with Crippen LogP contribution in [0.1, 0.15) is 12.0 Å². The molecule has 0 radical (unpaired) electrons. The third-order valence-corrected chi connectivity index (χ3v) is 2.49. The zero-order chi connectivity index (χ0) is 12.1. The fraction of sp³-hybridized carbons (Fsp3) is 0.143. The SMILES string of the molecule is COC(=O)CC=Cc1ccnc2ccccc12. The zero-order valence-corrected chi connectivity index (χ0v) is 9.59. The van der Waals surface area contributed by atoms with E-state index in [0.717, 1.165) is 16.5 Å². The highest BCUT2D eigenvalue weighted by molar-refractivity contribution is 5.87. The second-order valence-electron chi connectivity index (χ2n) is 3.60. The summed E-state index contributed by atoms with van der Waals surface area (Å²) in [6.45, 7) is 0. The van der Waals surface area contributed by atoms with Crippen molar-refractivity contribution in [3.05, 3.63) is 48.2 Å². The van der Waals surface area contributed by atoms with Gasteiger partial charge in [0.2, 0.25) is 0 Å². The van der Waals surface area contributed by atoms with Crippen LogP contribution in [0.4, 0.5) is 0 Å². The van der Waals surface area contributed by atoms with Crippen LogP contribution in [0.25, 0.3) is 17.0 Å². The fourth-order valence-corrected chi connectivity index (χ4v) is 1.63. The van der Waals surface area contributed by atoms with Gasteiger partial charge in [0.25, 0.3) is 0 Å². The van der Waals surface area contributed by atoms with Gasteiger partial charge in [-0.3, -0.25) is 9.78 Å². The Morgan fingerprint density at radius 3 is 3.00 bits per heavy atom. The summed E-state index contributed by atoms with van der Waals surface area (Å²) in [5.74, 6) is -0.236. The van der Waals surface area contributed by atoms with Crippen molar-refractivity contribution in [2.75, 3.05) is 7.11 Å². The number of para-hydroxylation sites is 1. The van der Waals surface area contributed by atoms with E-state index in [2.05, 4.69) is 9.72 Å². The average molecular weight is 227 g/mol. The third-order valence-electron chi connectivity index (χ3n) is 2.49. The molecule has 0 bridgehead atoms. The van der Waals surface area contributed by atoms with Crippen LogP contribution in [-0.2, 0) is 9.53 Å². The molecule has 0 aliphatic carbocycles. The number of carbonyl (C=O) groups excluding carboxylic acids is 1. The molecule has 1 aromatic heterocycles. The van der Waals surface area contributed by atoms with Gasteiger partial charge in [-0.2, -0.15) is 0 Å². The number of fused-ring (bicyclic) bond motifs is 1. The summed E-state index contributed by atoms with van der Waals surface area (Å²) in [4.78, 5) is 15.3. The van der Waals surface area contributed by atoms with Gasteiger partial charge in [0.05, 0.1) is 19.0 Å². The Balaban J connectivity index is 2.27. The lowest BCUT2D eigenvalue weighted by atomic mass is 10.1. The maximum absolute atomic E-state index is 11.0. The Hall–Kier alpha value is -2.16. The summed E-state index contributed by atoms with van der Waals surface area (Å²) in [6.07, 6.45) is 5.77. The van der Waals surface area contributed by atoms with E-state index in [9.17, 15) is 4.79 Å². The molecule has 0 fully saturated rings. The van der Waals surface area contributed by atoms with E-state index in [0.29, 0.717) is 0 Å². The van der Waals surface area contributed by atoms with Gasteiger partial charge in [-0.25, -0.2) is 0 Å². The van der Waals surface area contributed by atoms with E-state index in [1.165, 1.54) is 7.11 Å². The van der Waals surface area contributed by atoms with Gasteiger partial charge in [0.15, 0.2) is 0 Å². The van der Waals surface area contributed by atoms with E-state index in [-0.39, 0.29) is 12.4 Å². The number of hydrogen-bond acceptors (Lipinski definition) is 3. The lowest BCUT2D eigenvalue weighted by Crippen LogP contribution is -1.96. The van der Waals surface area contributed by atoms with Crippen LogP contribution in [0.15, 0.2) is 42.6 Å². The number of pyridine rings is 1. The van der Waals surface area contributed by atoms with Gasteiger partial charge in [0, 0.05) is 11.6 Å². The molecule has 3 heteroatoms. The van der Waals surface area contributed by atoms with Crippen LogP contribution < -0.4 is 0 Å². The largest absolute Gasteiger partial charge is 0.469 e. The number of hydrogen-bond donors (Lipinski definition) is 0. The Labute approximate surface area is 99.7 Å². The van der Waals surface area contributed by atoms with E-state index in [1.807, 2.05) is 36.4 Å². The molecule has 0 spiro atoms. The number of esters is 1. The van der Waals surface area contributed by atoms with Gasteiger partial charge in [-0.05, 0) is 17.7 Å². The molecule has 2 rings (SSSR count). The molecule has 0 aliphatic heterocycles. The summed E-state index contributed by atoms with van der Waals surface area (Å²) < 4.78 is 4.57. The topological polar surface area (TPSA) is 39.2 Å². The standard InChI is InChI=1S/C14H13NO2/c1-17-14(16)8-4-5-11-9-10-15-13-7-3-2-6-12(11)13/h2-7,9-10H,8H2,1H3. The second kappa shape index (κ2) is 5.25. The van der Waals surface area contributed by atoms with E-state index in [1.54, 1.807) is 12.3 Å². The highest BCUT2D eigenvalue weighted by Gasteiger charge is 1.98. The van der Waals surface area contributed by atoms with Crippen LogP contribution in [0.3, 0.4) is 0 Å². The van der Waals surface area contributed by atoms with Crippen molar-refractivity contribution in [3.8, 4) is 0 Å². The fourth-order valence-electron chi connectivity index (χ4n) is 1.63. The summed E-state index contributed by atoms with van der Waals surface area (Å²) in [5, 5.41) is 1.08. The Bertz CT molecular complexity index is 556. The minimum absolute atomic E-state index is 0.236. The first kappa shape index (κ1) is 11.3. The van der Waals surface area contributed by atoms with Crippen molar-refractivity contribution in [1.29, 1.82) is 0 Å². The van der Waals surface area contributed by atoms with Crippen molar-refractivity contribution in [3.63, 3.8) is 0 Å². The number of ether oxygens (including phenoxy) is 1. The van der Waals surface area contributed by atoms with Crippen molar-refractivity contribution >= 4 is 22.9 Å². The maximum atomic E-state index is 11.0. The Morgan fingerprint density at radius 1 is 1.35 bits per heavy atom. The van der Waals surface area contributed by atoms with Gasteiger partial charge in [-0.1, -0.05) is 30.4 Å². The molecule has 1 aromatic carbocycles. The molecule has 0 saturated heterocycles. The minimum Gasteiger partial charge on any atom is -0.469 e. The molecular weight excluding hydrogens is 214 g/mol. The van der Waals surface area contributed by atoms with Crippen molar-refractivity contribution in [2.24, 2.45) is 0 Å². The Kier molecular flexibility index (Phi) is 3.50. The summed E-state index contributed by atoms with van der Waals surface area (Å²) in [6, 6.07) is 9.84. The number of rotatable bonds is 3. The van der Waals surface area contributed by atoms with E-state index >= 15 is 0 Å². The predicted molar refractivity (Wildman–Crippen MR) is 67.4 cm³/mol. The van der Waals surface area contributed by atoms with Crippen LogP contribution >= 0.6 is 0 Å². The number of methoxy groups -OCH3 is 1. The van der Waals surface area contributed by atoms with E-state index < -0.39 is 0 Å². The highest BCUT2D eigenvalue weighted by Crippen LogP contribution is 2.17. The first-order valence-corrected chi connectivity index (χ1v) is 5.38. The molecule has 1 heterocycles. The molecule has 0 aliphatic rings. The third kappa shape index (κ3) is 2.69. The number of carbonyl (C=O) groups is 1. The predicted octanol–water partition coefficient (Wildman–Crippen LogP) is 2.81. The second-order valence-corrected chi connectivity index (χ2v) is 3.60. The van der Waals surface area contributed by atoms with Crippen LogP contribution in [0.5, 0.6) is 0 Å². The molecule has 0 atom stereocenters. The molecule has 0 saturated carbocycles. The van der Waals surface area contributed by atoms with Crippen molar-refractivity contribution in [1.82, 2.24) is 4.98 Å². The number of aromatic nitrogens is 1. The van der Waals surface area contributed by atoms with Gasteiger partial charge in [0.1, 0.15) is 0 Å². The molecule has 17 heavy (non-hydrogen) atoms. The molecule has 0 unspecified atom stereocenters. The summed E-state index contributed by atoms with van der Waals surface area (Å²) in [5.41, 5.74) is 2.01. The van der Waals surface area contributed by atoms with Crippen molar-refractivity contribution in [2.45, 2.75) is 6.42 Å². The number of benzene rings is 1. The smallest absolute Gasteiger partial charge is 0.309 e. The molecule has 3 nitrogen and oxygen atoms in total. The first-order chi connectivity index (χ1) is 8.31. The monoisotopic (exact) mass is 227 g/mol. The normalized spacial score (nSPS) is 10.9. The van der Waals surface area contributed by atoms with Crippen LogP contribution in [-0.4, -0.2) is 18.1 Å². The lowest BCUT2D eigenvalue weighted by molar-refractivity contribution is -0.139. The van der Waals surface area contributed by atoms with Crippen molar-refractivity contribution < 1.29 is 9.53 Å². The van der Waals surface area contributed by atoms with Crippen LogP contribution in [0.2, 0.25) is 0 Å². The summed E-state index contributed by atoms with van der Waals surface area (Å²) in [7, 11) is 1.39. The highest BCUT2D eigenvalue weighted by atomic mass is 16.5. The zero-order valence-electron chi connectivity index (χ0n) is 9.59. The minimum atomic E-state index is -0.236. The van der Waals surface area contributed by atoms with E-state index in [4.69, 9.17) is 0 Å². The number of nitrogens with zero attached hydrogens (tertiary/aromatic N) is 1. The molecule has 0 amide bonds. The average Bonchev–Trinajstić information content (AvgIpc) is 2.39. The van der Waals surface area contributed by atoms with Gasteiger partial charge >= 0.3 is 5.97 Å². The van der Waals surface area contributed by atoms with Crippen LogP contribution in [0, 0.1) is 0 Å². The lowest BCUT2D eigenvalue weighted by Gasteiger charge is -2.00. The molecule has 86 valence electrons. The van der Waals surface area contributed by atoms with Gasteiger partial charge in [-0.15, -0.1) is 0 Å². The maximum Gasteiger partial charge on any atom is 0.309 e. The molecule has 2 aromatic rings. The first-order valence-electron chi connectivity index (χ1n) is 5.38. The van der Waals surface area contributed by atoms with Gasteiger partial charge < -0.3 is 4.74 Å².